The Labute approximate surface area is 177 Å². The van der Waals surface area contributed by atoms with E-state index in [-0.39, 0.29) is 38.6 Å². The van der Waals surface area contributed by atoms with Crippen molar-refractivity contribution >= 4 is 39.0 Å². The van der Waals surface area contributed by atoms with Crippen LogP contribution in [0.15, 0.2) is 47.5 Å². The van der Waals surface area contributed by atoms with Crippen molar-refractivity contribution in [1.82, 2.24) is 9.78 Å². The van der Waals surface area contributed by atoms with Gasteiger partial charge in [0.1, 0.15) is 27.2 Å². The molecule has 2 aromatic carbocycles. The van der Waals surface area contributed by atoms with E-state index >= 15 is 0 Å². The van der Waals surface area contributed by atoms with Crippen LogP contribution in [0.1, 0.15) is 5.56 Å². The molecule has 0 radical (unpaired) electrons. The van der Waals surface area contributed by atoms with E-state index in [0.717, 1.165) is 0 Å². The number of nitrogens with zero attached hydrogens (tertiary/aromatic N) is 2. The molecule has 0 spiro atoms. The predicted molar refractivity (Wildman–Crippen MR) is 108 cm³/mol. The summed E-state index contributed by atoms with van der Waals surface area (Å²) in [4.78, 5) is -0.151. The Hall–Kier alpha value is -2.49. The maximum absolute atomic E-state index is 14.0. The van der Waals surface area contributed by atoms with Crippen LogP contribution in [0.25, 0.3) is 0 Å². The molecule has 0 fully saturated rings. The minimum absolute atomic E-state index is 0.0305. The number of aromatic nitrogens is 2. The topological polar surface area (TPSA) is 82.4 Å². The quantitative estimate of drug-likeness (QED) is 0.572. The highest BCUT2D eigenvalue weighted by molar-refractivity contribution is 7.92. The molecule has 0 unspecified atom stereocenters. The summed E-state index contributed by atoms with van der Waals surface area (Å²) >= 11 is 12.1. The molecular weight excluding hydrogens is 444 g/mol. The van der Waals surface area contributed by atoms with Gasteiger partial charge in [-0.2, -0.15) is 5.10 Å². The first-order chi connectivity index (χ1) is 13.7. The van der Waals surface area contributed by atoms with Gasteiger partial charge in [-0.3, -0.25) is 9.40 Å². The molecule has 1 aromatic heterocycles. The van der Waals surface area contributed by atoms with Crippen molar-refractivity contribution in [3.05, 3.63) is 64.0 Å². The zero-order valence-corrected chi connectivity index (χ0v) is 17.6. The summed E-state index contributed by atoms with van der Waals surface area (Å²) in [5.74, 6) is -0.180. The third kappa shape index (κ3) is 4.58. The molecule has 0 bridgehead atoms. The highest BCUT2D eigenvalue weighted by Gasteiger charge is 2.23. The standard InChI is InChI=1S/C18H16Cl2FN3O4S/c1-27-11-6-7-16(28-2)17(8-11)29(25,26)23-18-14(20)10-24(22-18)9-12-13(19)4-3-5-15(12)21/h3-8,10H,9H2,1-2H3,(H,22,23). The molecule has 0 aliphatic rings. The molecule has 154 valence electrons. The Bertz CT molecular complexity index is 1130. The Morgan fingerprint density at radius 1 is 1.14 bits per heavy atom. The lowest BCUT2D eigenvalue weighted by atomic mass is 10.2. The number of hydrogen-bond acceptors (Lipinski definition) is 5. The number of anilines is 1. The molecule has 0 amide bonds. The fraction of sp³-hybridized carbons (Fsp3) is 0.167. The lowest BCUT2D eigenvalue weighted by molar-refractivity contribution is 0.392. The Morgan fingerprint density at radius 3 is 2.55 bits per heavy atom. The first-order valence-corrected chi connectivity index (χ1v) is 10.4. The molecule has 1 heterocycles. The second-order valence-corrected chi connectivity index (χ2v) is 8.31. The van der Waals surface area contributed by atoms with Crippen molar-refractivity contribution < 1.29 is 22.3 Å². The highest BCUT2D eigenvalue weighted by atomic mass is 35.5. The summed E-state index contributed by atoms with van der Waals surface area (Å²) in [5, 5.41) is 4.35. The minimum Gasteiger partial charge on any atom is -0.497 e. The van der Waals surface area contributed by atoms with Crippen molar-refractivity contribution in [2.75, 3.05) is 18.9 Å². The third-order valence-electron chi connectivity index (χ3n) is 3.99. The molecule has 29 heavy (non-hydrogen) atoms. The van der Waals surface area contributed by atoms with Gasteiger partial charge < -0.3 is 9.47 Å². The molecule has 0 aliphatic carbocycles. The van der Waals surface area contributed by atoms with Crippen LogP contribution >= 0.6 is 23.2 Å². The second kappa shape index (κ2) is 8.48. The van der Waals surface area contributed by atoms with E-state index in [1.807, 2.05) is 0 Å². The number of nitrogens with one attached hydrogen (secondary N) is 1. The molecule has 1 N–H and O–H groups in total. The minimum atomic E-state index is -4.10. The van der Waals surface area contributed by atoms with Crippen LogP contribution in [0.4, 0.5) is 10.2 Å². The smallest absolute Gasteiger partial charge is 0.266 e. The molecule has 0 aliphatic heterocycles. The van der Waals surface area contributed by atoms with Gasteiger partial charge >= 0.3 is 0 Å². The van der Waals surface area contributed by atoms with E-state index in [4.69, 9.17) is 32.7 Å². The number of benzene rings is 2. The molecule has 0 atom stereocenters. The van der Waals surface area contributed by atoms with Gasteiger partial charge in [-0.15, -0.1) is 0 Å². The zero-order valence-electron chi connectivity index (χ0n) is 15.3. The van der Waals surface area contributed by atoms with E-state index in [0.29, 0.717) is 5.75 Å². The van der Waals surface area contributed by atoms with Crippen molar-refractivity contribution in [3.63, 3.8) is 0 Å². The second-order valence-electron chi connectivity index (χ2n) is 5.85. The first-order valence-electron chi connectivity index (χ1n) is 8.16. The van der Waals surface area contributed by atoms with E-state index < -0.39 is 15.8 Å². The van der Waals surface area contributed by atoms with Gasteiger partial charge in [0.05, 0.1) is 20.8 Å². The van der Waals surface area contributed by atoms with Crippen molar-refractivity contribution in [1.29, 1.82) is 0 Å². The Morgan fingerprint density at radius 2 is 1.90 bits per heavy atom. The number of ether oxygens (including phenoxy) is 2. The molecule has 0 saturated carbocycles. The molecular formula is C18H16Cl2FN3O4S. The summed E-state index contributed by atoms with van der Waals surface area (Å²) < 4.78 is 53.5. The van der Waals surface area contributed by atoms with E-state index in [1.54, 1.807) is 12.1 Å². The van der Waals surface area contributed by atoms with Gasteiger partial charge in [-0.25, -0.2) is 12.8 Å². The monoisotopic (exact) mass is 459 g/mol. The van der Waals surface area contributed by atoms with Crippen LogP contribution in [0, 0.1) is 5.82 Å². The number of sulfonamides is 1. The summed E-state index contributed by atoms with van der Waals surface area (Å²) in [5.41, 5.74) is 0.206. The fourth-order valence-electron chi connectivity index (χ4n) is 2.57. The number of rotatable bonds is 7. The SMILES string of the molecule is COc1ccc(OC)c(S(=O)(=O)Nc2nn(Cc3c(F)cccc3Cl)cc2Cl)c1. The summed E-state index contributed by atoms with van der Waals surface area (Å²) in [6.45, 7) is -0.0323. The van der Waals surface area contributed by atoms with Crippen molar-refractivity contribution in [2.45, 2.75) is 11.4 Å². The molecule has 7 nitrogen and oxygen atoms in total. The zero-order chi connectivity index (χ0) is 21.2. The van der Waals surface area contributed by atoms with E-state index in [2.05, 4.69) is 9.82 Å². The highest BCUT2D eigenvalue weighted by Crippen LogP contribution is 2.31. The van der Waals surface area contributed by atoms with Gasteiger partial charge in [-0.1, -0.05) is 29.3 Å². The lowest BCUT2D eigenvalue weighted by Crippen LogP contribution is -2.15. The van der Waals surface area contributed by atoms with Crippen LogP contribution in [-0.4, -0.2) is 32.4 Å². The first kappa shape index (κ1) is 21.2. The average Bonchev–Trinajstić information content (AvgIpc) is 3.02. The van der Waals surface area contributed by atoms with Crippen LogP contribution in [0.5, 0.6) is 11.5 Å². The van der Waals surface area contributed by atoms with E-state index in [1.165, 1.54) is 49.4 Å². The van der Waals surface area contributed by atoms with Gasteiger partial charge in [0.25, 0.3) is 10.0 Å². The molecule has 3 rings (SSSR count). The number of methoxy groups -OCH3 is 2. The van der Waals surface area contributed by atoms with Gasteiger partial charge in [-0.05, 0) is 24.3 Å². The maximum Gasteiger partial charge on any atom is 0.266 e. The summed E-state index contributed by atoms with van der Waals surface area (Å²) in [6, 6.07) is 8.64. The molecule has 11 heteroatoms. The number of halogens is 3. The third-order valence-corrected chi connectivity index (χ3v) is 5.98. The van der Waals surface area contributed by atoms with Gasteiger partial charge in [0.2, 0.25) is 0 Å². The van der Waals surface area contributed by atoms with Gasteiger partial charge in [0.15, 0.2) is 5.82 Å². The lowest BCUT2D eigenvalue weighted by Gasteiger charge is -2.12. The Balaban J connectivity index is 1.91. The fourth-order valence-corrected chi connectivity index (χ4v) is 4.25. The van der Waals surface area contributed by atoms with Crippen LogP contribution in [0.2, 0.25) is 10.0 Å². The number of hydrogen-bond donors (Lipinski definition) is 1. The van der Waals surface area contributed by atoms with Gasteiger partial charge in [0, 0.05) is 22.8 Å². The van der Waals surface area contributed by atoms with Crippen LogP contribution in [-0.2, 0) is 16.6 Å². The van der Waals surface area contributed by atoms with Crippen LogP contribution in [0.3, 0.4) is 0 Å². The molecule has 3 aromatic rings. The average molecular weight is 460 g/mol. The summed E-state index contributed by atoms with van der Waals surface area (Å²) in [7, 11) is -1.34. The Kier molecular flexibility index (Phi) is 6.21. The van der Waals surface area contributed by atoms with Crippen molar-refractivity contribution in [3.8, 4) is 11.5 Å². The maximum atomic E-state index is 14.0. The summed E-state index contributed by atoms with van der Waals surface area (Å²) in [6.07, 6.45) is 1.37. The van der Waals surface area contributed by atoms with Crippen LogP contribution < -0.4 is 14.2 Å². The predicted octanol–water partition coefficient (Wildman–Crippen LogP) is 4.20. The van der Waals surface area contributed by atoms with Crippen molar-refractivity contribution in [2.24, 2.45) is 0 Å². The van der Waals surface area contributed by atoms with E-state index in [9.17, 15) is 12.8 Å². The molecule has 0 saturated heterocycles. The largest absolute Gasteiger partial charge is 0.497 e. The normalized spacial score (nSPS) is 11.3.